The molecule has 0 saturated heterocycles. The fourth-order valence-electron chi connectivity index (χ4n) is 1.29. The molecule has 2 unspecified atom stereocenters. The number of hydrogen-bond donors (Lipinski definition) is 3. The molecule has 6 heteroatoms. The summed E-state index contributed by atoms with van der Waals surface area (Å²) >= 11 is 0. The van der Waals surface area contributed by atoms with E-state index in [2.05, 4.69) is 0 Å². The predicted molar refractivity (Wildman–Crippen MR) is 56.8 cm³/mol. The third-order valence-electron chi connectivity index (χ3n) is 1.87. The number of aliphatic hydroxyl groups is 2. The zero-order chi connectivity index (χ0) is 12.7. The van der Waals surface area contributed by atoms with Crippen LogP contribution in [0.5, 0.6) is 0 Å². The summed E-state index contributed by atoms with van der Waals surface area (Å²) in [6.07, 6.45) is -1.76. The quantitative estimate of drug-likeness (QED) is 0.547. The van der Waals surface area contributed by atoms with E-state index in [0.29, 0.717) is 0 Å². The van der Waals surface area contributed by atoms with E-state index in [1.54, 1.807) is 0 Å². The Hall–Kier alpha value is -1.14. The number of nitrogens with zero attached hydrogens (tertiary/aromatic N) is 1. The summed E-state index contributed by atoms with van der Waals surface area (Å²) in [5, 5.41) is 26.8. The fraction of sp³-hybridized carbons (Fsp3) is 0.800. The standard InChI is InChI=1S/C10H19NO5/c1-7(12)5-11(6-8(2)13)9(14)3-4-10(15)16/h7-8,12-13H,3-6H2,1-2H3,(H,15,16). The zero-order valence-corrected chi connectivity index (χ0v) is 9.59. The van der Waals surface area contributed by atoms with Gasteiger partial charge in [-0.15, -0.1) is 0 Å². The molecule has 1 amide bonds. The van der Waals surface area contributed by atoms with Crippen LogP contribution >= 0.6 is 0 Å². The lowest BCUT2D eigenvalue weighted by atomic mass is 10.2. The van der Waals surface area contributed by atoms with Gasteiger partial charge in [0.25, 0.3) is 0 Å². The van der Waals surface area contributed by atoms with Crippen LogP contribution in [-0.4, -0.2) is 57.4 Å². The number of aliphatic hydroxyl groups excluding tert-OH is 2. The van der Waals surface area contributed by atoms with Crippen molar-refractivity contribution in [2.24, 2.45) is 0 Å². The van der Waals surface area contributed by atoms with Crippen molar-refractivity contribution in [1.82, 2.24) is 4.90 Å². The Labute approximate surface area is 94.5 Å². The van der Waals surface area contributed by atoms with Gasteiger partial charge < -0.3 is 20.2 Å². The number of aliphatic carboxylic acids is 1. The van der Waals surface area contributed by atoms with Crippen LogP contribution in [-0.2, 0) is 9.59 Å². The zero-order valence-electron chi connectivity index (χ0n) is 9.59. The van der Waals surface area contributed by atoms with Gasteiger partial charge in [0.2, 0.25) is 5.91 Å². The topological polar surface area (TPSA) is 98.1 Å². The van der Waals surface area contributed by atoms with E-state index in [9.17, 15) is 19.8 Å². The van der Waals surface area contributed by atoms with E-state index >= 15 is 0 Å². The van der Waals surface area contributed by atoms with Gasteiger partial charge >= 0.3 is 5.97 Å². The fourth-order valence-corrected chi connectivity index (χ4v) is 1.29. The average molecular weight is 233 g/mol. The number of carbonyl (C=O) groups excluding carboxylic acids is 1. The van der Waals surface area contributed by atoms with Gasteiger partial charge in [-0.05, 0) is 13.8 Å². The molecular formula is C10H19NO5. The lowest BCUT2D eigenvalue weighted by Crippen LogP contribution is -2.40. The van der Waals surface area contributed by atoms with Crippen LogP contribution in [0.25, 0.3) is 0 Å². The van der Waals surface area contributed by atoms with Gasteiger partial charge in [0.15, 0.2) is 0 Å². The first-order valence-corrected chi connectivity index (χ1v) is 5.18. The maximum Gasteiger partial charge on any atom is 0.303 e. The van der Waals surface area contributed by atoms with E-state index < -0.39 is 18.2 Å². The van der Waals surface area contributed by atoms with Crippen molar-refractivity contribution in [1.29, 1.82) is 0 Å². The van der Waals surface area contributed by atoms with Crippen molar-refractivity contribution in [3.63, 3.8) is 0 Å². The summed E-state index contributed by atoms with van der Waals surface area (Å²) in [6.45, 7) is 3.26. The first-order chi connectivity index (χ1) is 7.32. The molecule has 16 heavy (non-hydrogen) atoms. The van der Waals surface area contributed by atoms with Gasteiger partial charge in [0, 0.05) is 19.5 Å². The van der Waals surface area contributed by atoms with E-state index in [0.717, 1.165) is 0 Å². The molecule has 0 bridgehead atoms. The van der Waals surface area contributed by atoms with Gasteiger partial charge in [-0.25, -0.2) is 0 Å². The maximum absolute atomic E-state index is 11.6. The second-order valence-corrected chi connectivity index (χ2v) is 3.89. The predicted octanol–water partition coefficient (Wildman–Crippen LogP) is -0.559. The van der Waals surface area contributed by atoms with Crippen LogP contribution in [0.1, 0.15) is 26.7 Å². The van der Waals surface area contributed by atoms with Crippen molar-refractivity contribution >= 4 is 11.9 Å². The van der Waals surface area contributed by atoms with Gasteiger partial charge in [-0.3, -0.25) is 9.59 Å². The Morgan fingerprint density at radius 3 is 1.81 bits per heavy atom. The summed E-state index contributed by atoms with van der Waals surface area (Å²) in [5.41, 5.74) is 0. The SMILES string of the molecule is CC(O)CN(CC(C)O)C(=O)CCC(=O)O. The Balaban J connectivity index is 4.25. The van der Waals surface area contributed by atoms with Crippen LogP contribution in [0.15, 0.2) is 0 Å². The number of amides is 1. The first kappa shape index (κ1) is 14.9. The highest BCUT2D eigenvalue weighted by molar-refractivity contribution is 5.80. The summed E-state index contributed by atoms with van der Waals surface area (Å²) in [6, 6.07) is 0. The summed E-state index contributed by atoms with van der Waals surface area (Å²) in [4.78, 5) is 23.1. The molecule has 0 radical (unpaired) electrons. The Kier molecular flexibility index (Phi) is 6.67. The minimum Gasteiger partial charge on any atom is -0.481 e. The molecule has 0 aliphatic heterocycles. The molecule has 6 nitrogen and oxygen atoms in total. The average Bonchev–Trinajstić information content (AvgIpc) is 2.11. The molecular weight excluding hydrogens is 214 g/mol. The number of carbonyl (C=O) groups is 2. The lowest BCUT2D eigenvalue weighted by molar-refractivity contribution is -0.141. The highest BCUT2D eigenvalue weighted by atomic mass is 16.4. The number of carboxylic acid groups (broad SMARTS) is 1. The lowest BCUT2D eigenvalue weighted by Gasteiger charge is -2.25. The highest BCUT2D eigenvalue weighted by Gasteiger charge is 2.17. The number of carboxylic acids is 1. The van der Waals surface area contributed by atoms with Gasteiger partial charge in [0.05, 0.1) is 18.6 Å². The maximum atomic E-state index is 11.6. The number of rotatable bonds is 7. The minimum absolute atomic E-state index is 0.101. The Morgan fingerprint density at radius 1 is 1.06 bits per heavy atom. The van der Waals surface area contributed by atoms with Crippen molar-refractivity contribution in [2.75, 3.05) is 13.1 Å². The third-order valence-corrected chi connectivity index (χ3v) is 1.87. The molecule has 0 aliphatic rings. The van der Waals surface area contributed by atoms with Crippen LogP contribution in [0.3, 0.4) is 0 Å². The normalized spacial score (nSPS) is 14.2. The molecule has 0 aromatic heterocycles. The van der Waals surface area contributed by atoms with Crippen molar-refractivity contribution in [2.45, 2.75) is 38.9 Å². The molecule has 3 N–H and O–H groups in total. The van der Waals surface area contributed by atoms with Gasteiger partial charge in [-0.1, -0.05) is 0 Å². The van der Waals surface area contributed by atoms with Crippen LogP contribution < -0.4 is 0 Å². The minimum atomic E-state index is -1.04. The molecule has 2 atom stereocenters. The van der Waals surface area contributed by atoms with E-state index in [1.165, 1.54) is 18.7 Å². The van der Waals surface area contributed by atoms with Crippen molar-refractivity contribution in [3.8, 4) is 0 Å². The molecule has 0 saturated carbocycles. The molecule has 0 heterocycles. The molecule has 0 aromatic carbocycles. The van der Waals surface area contributed by atoms with E-state index in [1.807, 2.05) is 0 Å². The molecule has 0 fully saturated rings. The highest BCUT2D eigenvalue weighted by Crippen LogP contribution is 2.02. The van der Waals surface area contributed by atoms with E-state index in [-0.39, 0.29) is 31.8 Å². The second-order valence-electron chi connectivity index (χ2n) is 3.89. The van der Waals surface area contributed by atoms with Crippen LogP contribution in [0, 0.1) is 0 Å². The largest absolute Gasteiger partial charge is 0.481 e. The Bertz CT molecular complexity index is 229. The summed E-state index contributed by atoms with van der Waals surface area (Å²) < 4.78 is 0. The van der Waals surface area contributed by atoms with Crippen LogP contribution in [0.2, 0.25) is 0 Å². The molecule has 0 spiro atoms. The molecule has 0 aromatic rings. The first-order valence-electron chi connectivity index (χ1n) is 5.18. The molecule has 0 rings (SSSR count). The van der Waals surface area contributed by atoms with Crippen molar-refractivity contribution < 1.29 is 24.9 Å². The van der Waals surface area contributed by atoms with Crippen LogP contribution in [0.4, 0.5) is 0 Å². The Morgan fingerprint density at radius 2 is 1.50 bits per heavy atom. The molecule has 94 valence electrons. The third kappa shape index (κ3) is 7.19. The monoisotopic (exact) mass is 233 g/mol. The smallest absolute Gasteiger partial charge is 0.303 e. The second kappa shape index (κ2) is 7.19. The van der Waals surface area contributed by atoms with Gasteiger partial charge in [0.1, 0.15) is 0 Å². The van der Waals surface area contributed by atoms with E-state index in [4.69, 9.17) is 5.11 Å². The van der Waals surface area contributed by atoms with Gasteiger partial charge in [-0.2, -0.15) is 0 Å². The summed E-state index contributed by atoms with van der Waals surface area (Å²) in [7, 11) is 0. The molecule has 0 aliphatic carbocycles. The number of hydrogen-bond acceptors (Lipinski definition) is 4. The van der Waals surface area contributed by atoms with Crippen molar-refractivity contribution in [3.05, 3.63) is 0 Å². The summed E-state index contributed by atoms with van der Waals surface area (Å²) in [5.74, 6) is -1.41.